The molecule has 0 aliphatic carbocycles. The van der Waals surface area contributed by atoms with Gasteiger partial charge in [0.15, 0.2) is 6.20 Å². The second-order valence-electron chi connectivity index (χ2n) is 7.51. The van der Waals surface area contributed by atoms with Gasteiger partial charge >= 0.3 is 7.82 Å². The number of nitrogens with one attached hydrogen (secondary N) is 1. The van der Waals surface area contributed by atoms with E-state index < -0.39 is 38.6 Å². The first-order chi connectivity index (χ1) is 16.6. The molecular formula is C21H22FN2O7PS. The summed E-state index contributed by atoms with van der Waals surface area (Å²) in [5, 5.41) is 23.6. The topological polar surface area (TPSA) is 110 Å². The summed E-state index contributed by atoms with van der Waals surface area (Å²) in [6.07, 6.45) is -1.60. The minimum Gasteiger partial charge on any atom is -0.403 e. The minimum atomic E-state index is -4.81. The Morgan fingerprint density at radius 3 is 3.00 bits per heavy atom. The van der Waals surface area contributed by atoms with E-state index >= 15 is 4.39 Å². The summed E-state index contributed by atoms with van der Waals surface area (Å²) in [5.74, 6) is -1.78. The number of benzene rings is 1. The van der Waals surface area contributed by atoms with Crippen LogP contribution in [0.1, 0.15) is 20.8 Å². The number of fused-ring (bicyclic) bond motifs is 1. The predicted molar refractivity (Wildman–Crippen MR) is 119 cm³/mol. The molecule has 0 spiro atoms. The summed E-state index contributed by atoms with van der Waals surface area (Å²) >= 11 is 5.04. The lowest BCUT2D eigenvalue weighted by atomic mass is 10.1. The maximum atomic E-state index is 16.1. The highest BCUT2D eigenvalue weighted by Gasteiger charge is 2.58. The molecular weight excluding hydrogens is 474 g/mol. The average molecular weight is 499 g/mol. The first-order valence-corrected chi connectivity index (χ1v) is 11.4. The number of phosphoric acid groups is 1. The first-order valence-electron chi connectivity index (χ1n) is 11.1. The summed E-state index contributed by atoms with van der Waals surface area (Å²) < 4.78 is 74.4. The molecule has 5 atom stereocenters. The maximum absolute atomic E-state index is 16.1. The van der Waals surface area contributed by atoms with Gasteiger partial charge in [0.1, 0.15) is 35.3 Å². The lowest BCUT2D eigenvalue weighted by Crippen LogP contribution is -2.47. The maximum Gasteiger partial charge on any atom is 0.530 e. The Morgan fingerprint density at radius 2 is 2.30 bits per heavy atom. The number of ether oxygens (including phenoxy) is 1. The number of aliphatic hydroxyl groups is 2. The molecule has 12 heteroatoms. The normalized spacial score (nSPS) is 37.6. The molecule has 1 aromatic carbocycles. The number of aryl methyl sites for hydroxylation is 2. The number of thiocarbonyl (C=S) groups is 1. The quantitative estimate of drug-likeness (QED) is 0.324. The number of alkyl halides is 1. The lowest BCUT2D eigenvalue weighted by Gasteiger charge is -2.34. The summed E-state index contributed by atoms with van der Waals surface area (Å²) in [7, 11) is -4.81. The van der Waals surface area contributed by atoms with E-state index in [4.69, 9.17) is 41.1 Å². The number of phosphoric ester groups is 1. The van der Waals surface area contributed by atoms with Crippen molar-refractivity contribution >= 4 is 25.0 Å². The number of terminal acetylenes is 1. The molecule has 1 unspecified atom stereocenters. The number of hydrogen-bond acceptors (Lipinski definition) is 9. The molecule has 1 fully saturated rings. The van der Waals surface area contributed by atoms with Gasteiger partial charge in [-0.25, -0.2) is 8.96 Å². The molecule has 3 N–H and O–H groups in total. The second-order valence-corrected chi connectivity index (χ2v) is 9.43. The predicted octanol–water partition coefficient (Wildman–Crippen LogP) is 2.30. The van der Waals surface area contributed by atoms with E-state index in [1.807, 2.05) is 6.92 Å². The van der Waals surface area contributed by atoms with Gasteiger partial charge in [-0.1, -0.05) is 42.4 Å². The van der Waals surface area contributed by atoms with Crippen molar-refractivity contribution in [1.29, 1.82) is 0 Å². The van der Waals surface area contributed by atoms with Crippen LogP contribution in [0.3, 0.4) is 0 Å². The molecule has 9 nitrogen and oxygen atoms in total. The van der Waals surface area contributed by atoms with Crippen LogP contribution in [-0.2, 0) is 25.0 Å². The molecule has 0 radical (unpaired) electrons. The van der Waals surface area contributed by atoms with Crippen LogP contribution in [0, 0.1) is 26.2 Å². The molecule has 176 valence electrons. The van der Waals surface area contributed by atoms with E-state index in [1.54, 1.807) is 19.1 Å². The van der Waals surface area contributed by atoms with E-state index in [0.29, 0.717) is 11.1 Å². The molecule has 3 aliphatic rings. The van der Waals surface area contributed by atoms with Crippen molar-refractivity contribution in [2.75, 3.05) is 6.56 Å². The lowest BCUT2D eigenvalue weighted by molar-refractivity contribution is -0.207. The van der Waals surface area contributed by atoms with Crippen LogP contribution in [0.25, 0.3) is 0 Å². The Morgan fingerprint density at radius 1 is 1.58 bits per heavy atom. The molecule has 3 heterocycles. The van der Waals surface area contributed by atoms with Crippen molar-refractivity contribution in [3.8, 4) is 18.1 Å². The number of aliphatic hydroxyl groups excluding tert-OH is 2. The fourth-order valence-corrected chi connectivity index (χ4v) is 4.83. The van der Waals surface area contributed by atoms with Gasteiger partial charge in [0.25, 0.3) is 5.85 Å². The van der Waals surface area contributed by atoms with E-state index in [2.05, 4.69) is 17.8 Å². The van der Waals surface area contributed by atoms with Crippen LogP contribution >= 0.6 is 20.0 Å². The number of nitrogens with zero attached hydrogens (tertiary/aromatic N) is 1. The van der Waals surface area contributed by atoms with Gasteiger partial charge in [-0.15, -0.1) is 6.42 Å². The highest BCUT2D eigenvalue weighted by Crippen LogP contribution is 2.56. The first kappa shape index (κ1) is 20.1. The van der Waals surface area contributed by atoms with E-state index in [9.17, 15) is 14.8 Å². The van der Waals surface area contributed by atoms with Crippen molar-refractivity contribution in [3.05, 3.63) is 53.0 Å². The van der Waals surface area contributed by atoms with Crippen molar-refractivity contribution in [1.82, 2.24) is 10.2 Å². The van der Waals surface area contributed by atoms with Gasteiger partial charge in [0.2, 0.25) is 0 Å². The monoisotopic (exact) mass is 499 g/mol. The van der Waals surface area contributed by atoms with Gasteiger partial charge < -0.3 is 29.7 Å². The zero-order valence-corrected chi connectivity index (χ0v) is 19.2. The molecule has 33 heavy (non-hydrogen) atoms. The SMILES string of the molecule is [2H]C([2H])(OP1(=O)OCc2cc(C)cc(C)c2O1)[C@@]1(F)O[C@@]([2H])(N2C=C(C#C)C(=S)NC2=C)[C@H](O)[C@@H]1O. The van der Waals surface area contributed by atoms with E-state index in [0.717, 1.165) is 16.7 Å². The van der Waals surface area contributed by atoms with Gasteiger partial charge in [-0.3, -0.25) is 9.05 Å². The number of hydrogen-bond donors (Lipinski definition) is 3. The van der Waals surface area contributed by atoms with Crippen LogP contribution in [0.2, 0.25) is 0 Å². The van der Waals surface area contributed by atoms with E-state index in [-0.39, 0.29) is 28.7 Å². The van der Waals surface area contributed by atoms with Crippen LogP contribution in [0.15, 0.2) is 36.3 Å². The largest absolute Gasteiger partial charge is 0.530 e. The average Bonchev–Trinajstić information content (AvgIpc) is 2.95. The van der Waals surface area contributed by atoms with Gasteiger partial charge in [0, 0.05) is 11.8 Å². The Balaban J connectivity index is 1.65. The van der Waals surface area contributed by atoms with Gasteiger partial charge in [-0.2, -0.15) is 0 Å². The van der Waals surface area contributed by atoms with Crippen LogP contribution in [0.5, 0.6) is 5.75 Å². The third-order valence-corrected chi connectivity index (χ3v) is 6.49. The van der Waals surface area contributed by atoms with Gasteiger partial charge in [-0.05, 0) is 19.4 Å². The van der Waals surface area contributed by atoms with Crippen molar-refractivity contribution in [3.63, 3.8) is 0 Å². The highest BCUT2D eigenvalue weighted by atomic mass is 32.1. The molecule has 0 bridgehead atoms. The zero-order valence-electron chi connectivity index (χ0n) is 20.5. The molecule has 0 amide bonds. The van der Waals surface area contributed by atoms with Crippen molar-refractivity contribution < 1.29 is 41.6 Å². The van der Waals surface area contributed by atoms with Crippen LogP contribution < -0.4 is 9.84 Å². The highest BCUT2D eigenvalue weighted by molar-refractivity contribution is 7.80. The smallest absolute Gasteiger partial charge is 0.403 e. The standard InChI is InChI=1S/C21H22FN2O7PS/c1-5-14-8-24(13(4)23-19(14)33)20-16(25)18(26)21(22,30-20)10-29-32(27)28-9-15-7-11(2)6-12(3)17(15)31-32/h1,6-8,16,18,20,25-26H,4,9-10H2,2-3H3,(H,23,33)/t16-,18+,20-,21-,32?/m1/s1/i10D2,20D. The summed E-state index contributed by atoms with van der Waals surface area (Å²) in [6, 6.07) is 3.42. The molecule has 4 rings (SSSR count). The zero-order chi connectivity index (χ0) is 26.8. The minimum absolute atomic E-state index is 0.0163. The third kappa shape index (κ3) is 4.32. The number of halogens is 1. The van der Waals surface area contributed by atoms with E-state index in [1.165, 1.54) is 0 Å². The van der Waals surface area contributed by atoms with Crippen LogP contribution in [0.4, 0.5) is 4.39 Å². The number of rotatable bonds is 4. The Labute approximate surface area is 199 Å². The molecule has 0 saturated carbocycles. The molecule has 0 aromatic heterocycles. The van der Waals surface area contributed by atoms with Crippen LogP contribution in [-0.4, -0.2) is 50.9 Å². The fraction of sp³-hybridized carbons (Fsp3) is 0.381. The summed E-state index contributed by atoms with van der Waals surface area (Å²) in [6.45, 7) is 3.03. The molecule has 3 aliphatic heterocycles. The van der Waals surface area contributed by atoms with Gasteiger partial charge in [0.05, 0.1) is 16.3 Å². The Bertz CT molecular complexity index is 1290. The van der Waals surface area contributed by atoms with Crippen molar-refractivity contribution in [2.24, 2.45) is 0 Å². The fourth-order valence-electron chi connectivity index (χ4n) is 3.44. The third-order valence-electron chi connectivity index (χ3n) is 5.00. The molecule has 1 saturated heterocycles. The summed E-state index contributed by atoms with van der Waals surface area (Å²) in [4.78, 5) is 0.789. The Kier molecular flexibility index (Phi) is 5.17. The Hall–Kier alpha value is -2.29. The molecule has 1 aromatic rings. The second kappa shape index (κ2) is 8.49. The van der Waals surface area contributed by atoms with Crippen molar-refractivity contribution in [2.45, 2.75) is 44.7 Å². The summed E-state index contributed by atoms with van der Waals surface area (Å²) in [5.41, 5.74) is 1.95.